The van der Waals surface area contributed by atoms with E-state index in [-0.39, 0.29) is 17.9 Å². The van der Waals surface area contributed by atoms with Crippen LogP contribution in [0.15, 0.2) is 48.5 Å². The molecule has 2 aliphatic rings. The van der Waals surface area contributed by atoms with E-state index in [1.165, 1.54) is 11.1 Å². The first-order valence-corrected chi connectivity index (χ1v) is 13.5. The van der Waals surface area contributed by atoms with Gasteiger partial charge in [-0.15, -0.1) is 0 Å². The first-order valence-electron chi connectivity index (χ1n) is 13.5. The number of ether oxygens (including phenoxy) is 2. The molecule has 0 spiro atoms. The van der Waals surface area contributed by atoms with Crippen LogP contribution >= 0.6 is 0 Å². The average Bonchev–Trinajstić information content (AvgIpc) is 3.40. The Bertz CT molecular complexity index is 1070. The summed E-state index contributed by atoms with van der Waals surface area (Å²) in [5.41, 5.74) is 8.66. The molecule has 2 aliphatic heterocycles. The minimum atomic E-state index is -0.562. The summed E-state index contributed by atoms with van der Waals surface area (Å²) in [4.78, 5) is 33.5. The Morgan fingerprint density at radius 3 is 2.68 bits per heavy atom. The molecule has 0 aliphatic carbocycles. The molecule has 0 radical (unpaired) electrons. The van der Waals surface area contributed by atoms with Crippen molar-refractivity contribution in [2.45, 2.75) is 32.0 Å². The van der Waals surface area contributed by atoms with Crippen LogP contribution in [-0.2, 0) is 16.1 Å². The molecular weight excluding hydrogens is 482 g/mol. The second-order valence-electron chi connectivity index (χ2n) is 10.0. The average molecular weight is 524 g/mol. The maximum atomic E-state index is 13.7. The summed E-state index contributed by atoms with van der Waals surface area (Å²) in [5.74, 6) is 0.295. The fourth-order valence-corrected chi connectivity index (χ4v) is 5.28. The van der Waals surface area contributed by atoms with Gasteiger partial charge in [-0.2, -0.15) is 0 Å². The summed E-state index contributed by atoms with van der Waals surface area (Å²) in [6, 6.07) is 15.0. The number of methoxy groups -OCH3 is 1. The highest BCUT2D eigenvalue weighted by Crippen LogP contribution is 2.27. The number of benzene rings is 2. The van der Waals surface area contributed by atoms with Crippen molar-refractivity contribution in [2.24, 2.45) is 5.73 Å². The normalized spacial score (nSPS) is 20.1. The van der Waals surface area contributed by atoms with Crippen LogP contribution in [0, 0.1) is 6.92 Å². The number of aryl methyl sites for hydroxylation is 1. The highest BCUT2D eigenvalue weighted by atomic mass is 16.5. The zero-order valence-electron chi connectivity index (χ0n) is 22.6. The smallest absolute Gasteiger partial charge is 0.254 e. The molecule has 2 atom stereocenters. The van der Waals surface area contributed by atoms with Gasteiger partial charge in [-0.1, -0.05) is 30.3 Å². The van der Waals surface area contributed by atoms with Crippen LogP contribution in [0.2, 0.25) is 0 Å². The van der Waals surface area contributed by atoms with Crippen LogP contribution in [0.1, 0.15) is 27.9 Å². The minimum Gasteiger partial charge on any atom is -0.497 e. The first-order chi connectivity index (χ1) is 18.5. The number of hydrogen-bond donors (Lipinski definition) is 2. The molecule has 38 heavy (non-hydrogen) atoms. The Hall–Kier alpha value is -2.98. The van der Waals surface area contributed by atoms with Crippen molar-refractivity contribution in [3.8, 4) is 5.75 Å². The van der Waals surface area contributed by atoms with Gasteiger partial charge < -0.3 is 25.4 Å². The molecule has 4 rings (SSSR count). The number of nitrogens with one attached hydrogen (secondary N) is 1. The SMILES string of the molecule is COc1cccc(C(=O)N2CC(N(CCN3CCOCC3)Cc3ccccc3C)CC2C(=O)NCCN)c1. The van der Waals surface area contributed by atoms with E-state index in [0.29, 0.717) is 37.4 Å². The molecule has 206 valence electrons. The Labute approximate surface area is 225 Å². The van der Waals surface area contributed by atoms with Crippen molar-refractivity contribution < 1.29 is 19.1 Å². The largest absolute Gasteiger partial charge is 0.497 e. The minimum absolute atomic E-state index is 0.0406. The van der Waals surface area contributed by atoms with Crippen LogP contribution in [-0.4, -0.2) is 105 Å². The van der Waals surface area contributed by atoms with Gasteiger partial charge in [-0.05, 0) is 42.7 Å². The molecule has 3 N–H and O–H groups in total. The molecule has 2 aromatic carbocycles. The number of rotatable bonds is 11. The molecule has 0 saturated carbocycles. The number of hydrogen-bond acceptors (Lipinski definition) is 7. The molecule has 2 fully saturated rings. The number of carbonyl (C=O) groups is 2. The van der Waals surface area contributed by atoms with Crippen molar-refractivity contribution in [3.05, 3.63) is 65.2 Å². The third-order valence-electron chi connectivity index (χ3n) is 7.56. The Morgan fingerprint density at radius 1 is 1.16 bits per heavy atom. The highest BCUT2D eigenvalue weighted by Gasteiger charge is 2.42. The van der Waals surface area contributed by atoms with Gasteiger partial charge in [0.2, 0.25) is 5.91 Å². The van der Waals surface area contributed by atoms with Crippen LogP contribution in [0.4, 0.5) is 0 Å². The van der Waals surface area contributed by atoms with E-state index in [0.717, 1.165) is 45.9 Å². The van der Waals surface area contributed by atoms with Crippen molar-refractivity contribution in [1.29, 1.82) is 0 Å². The topological polar surface area (TPSA) is 100 Å². The number of carbonyl (C=O) groups excluding carboxylic acids is 2. The summed E-state index contributed by atoms with van der Waals surface area (Å²) in [6.07, 6.45) is 0.571. The predicted molar refractivity (Wildman–Crippen MR) is 147 cm³/mol. The Balaban J connectivity index is 1.57. The maximum Gasteiger partial charge on any atom is 0.254 e. The molecule has 2 amide bonds. The first kappa shape index (κ1) is 28.0. The van der Waals surface area contributed by atoms with Gasteiger partial charge in [-0.25, -0.2) is 0 Å². The van der Waals surface area contributed by atoms with E-state index >= 15 is 0 Å². The predicted octanol–water partition coefficient (Wildman–Crippen LogP) is 1.50. The van der Waals surface area contributed by atoms with Crippen LogP contribution in [0.3, 0.4) is 0 Å². The fourth-order valence-electron chi connectivity index (χ4n) is 5.28. The third-order valence-corrected chi connectivity index (χ3v) is 7.56. The molecule has 9 heteroatoms. The van der Waals surface area contributed by atoms with Gasteiger partial charge in [0.25, 0.3) is 5.91 Å². The summed E-state index contributed by atoms with van der Waals surface area (Å²) < 4.78 is 10.9. The zero-order chi connectivity index (χ0) is 26.9. The Morgan fingerprint density at radius 2 is 1.95 bits per heavy atom. The van der Waals surface area contributed by atoms with Crippen molar-refractivity contribution in [2.75, 3.05) is 66.1 Å². The lowest BCUT2D eigenvalue weighted by Gasteiger charge is -2.33. The summed E-state index contributed by atoms with van der Waals surface area (Å²) >= 11 is 0. The number of nitrogens with zero attached hydrogens (tertiary/aromatic N) is 3. The summed E-state index contributed by atoms with van der Waals surface area (Å²) in [5, 5.41) is 2.91. The van der Waals surface area contributed by atoms with Gasteiger partial charge >= 0.3 is 0 Å². The maximum absolute atomic E-state index is 13.7. The van der Waals surface area contributed by atoms with E-state index in [1.807, 2.05) is 6.07 Å². The number of amides is 2. The lowest BCUT2D eigenvalue weighted by molar-refractivity contribution is -0.124. The van der Waals surface area contributed by atoms with E-state index in [9.17, 15) is 9.59 Å². The van der Waals surface area contributed by atoms with Gasteiger partial charge in [0.15, 0.2) is 0 Å². The number of nitrogens with two attached hydrogens (primary N) is 1. The van der Waals surface area contributed by atoms with Crippen molar-refractivity contribution in [1.82, 2.24) is 20.0 Å². The fraction of sp³-hybridized carbons (Fsp3) is 0.517. The molecule has 0 bridgehead atoms. The lowest BCUT2D eigenvalue weighted by Crippen LogP contribution is -2.47. The van der Waals surface area contributed by atoms with E-state index < -0.39 is 6.04 Å². The van der Waals surface area contributed by atoms with Gasteiger partial charge in [0, 0.05) is 64.0 Å². The van der Waals surface area contributed by atoms with Gasteiger partial charge in [0.05, 0.1) is 20.3 Å². The van der Waals surface area contributed by atoms with Gasteiger partial charge in [0.1, 0.15) is 11.8 Å². The molecule has 2 unspecified atom stereocenters. The Kier molecular flexibility index (Phi) is 10.1. The number of morpholine rings is 1. The summed E-state index contributed by atoms with van der Waals surface area (Å²) in [7, 11) is 1.58. The molecule has 2 saturated heterocycles. The van der Waals surface area contributed by atoms with E-state index in [2.05, 4.69) is 46.3 Å². The van der Waals surface area contributed by atoms with E-state index in [4.69, 9.17) is 15.2 Å². The third kappa shape index (κ3) is 7.11. The quantitative estimate of drug-likeness (QED) is 0.460. The van der Waals surface area contributed by atoms with Crippen LogP contribution in [0.25, 0.3) is 0 Å². The molecular formula is C29H41N5O4. The van der Waals surface area contributed by atoms with Crippen LogP contribution in [0.5, 0.6) is 5.75 Å². The molecule has 2 aromatic rings. The molecule has 0 aromatic heterocycles. The monoisotopic (exact) mass is 523 g/mol. The number of likely N-dealkylation sites (tertiary alicyclic amines) is 1. The second kappa shape index (κ2) is 13.7. The van der Waals surface area contributed by atoms with Gasteiger partial charge in [-0.3, -0.25) is 19.4 Å². The second-order valence-corrected chi connectivity index (χ2v) is 10.0. The van der Waals surface area contributed by atoms with Crippen LogP contribution < -0.4 is 15.8 Å². The molecule has 2 heterocycles. The van der Waals surface area contributed by atoms with E-state index in [1.54, 1.807) is 30.2 Å². The summed E-state index contributed by atoms with van der Waals surface area (Å²) in [6.45, 7) is 9.23. The lowest BCUT2D eigenvalue weighted by atomic mass is 10.1. The highest BCUT2D eigenvalue weighted by molar-refractivity contribution is 5.98. The molecule has 9 nitrogen and oxygen atoms in total. The van der Waals surface area contributed by atoms with Crippen molar-refractivity contribution >= 4 is 11.8 Å². The zero-order valence-corrected chi connectivity index (χ0v) is 22.6. The van der Waals surface area contributed by atoms with Crippen molar-refractivity contribution in [3.63, 3.8) is 0 Å². The standard InChI is InChI=1S/C29H41N5O4/c1-22-6-3-4-7-24(22)20-33(13-12-32-14-16-38-17-15-32)25-19-27(28(35)31-11-10-30)34(21-25)29(36)23-8-5-9-26(18-23)37-2/h3-9,18,25,27H,10-17,19-21,30H2,1-2H3,(H,31,35).